The van der Waals surface area contributed by atoms with Crippen LogP contribution in [0.4, 0.5) is 0 Å². The van der Waals surface area contributed by atoms with Crippen LogP contribution in [0, 0.1) is 12.8 Å². The van der Waals surface area contributed by atoms with E-state index in [-0.39, 0.29) is 36.2 Å². The topological polar surface area (TPSA) is 93.3 Å². The average molecular weight is 349 g/mol. The van der Waals surface area contributed by atoms with Gasteiger partial charge in [-0.2, -0.15) is 0 Å². The number of carbonyl (C=O) groups excluding carboxylic acids is 2. The second kappa shape index (κ2) is 6.39. The minimum absolute atomic E-state index is 0.0254. The van der Waals surface area contributed by atoms with E-state index in [1.165, 1.54) is 0 Å². The van der Waals surface area contributed by atoms with E-state index in [2.05, 4.69) is 4.98 Å². The van der Waals surface area contributed by atoms with E-state index in [4.69, 9.17) is 4.74 Å². The third kappa shape index (κ3) is 3.51. The summed E-state index contributed by atoms with van der Waals surface area (Å²) in [5.74, 6) is -0.844. The standard InChI is InChI=1S/C17H19NO5S/c1-11-17(13-4-2-3-5-14(13)18-11)15(19)9-23-16(20)8-12-6-7-24(21,22)10-12/h2-5,12,18H,6-10H2,1H3/t12-/m0/s1. The SMILES string of the molecule is Cc1[nH]c2ccccc2c1C(=O)COC(=O)C[C@@H]1CCS(=O)(=O)C1. The molecule has 1 fully saturated rings. The molecule has 3 rings (SSSR count). The third-order valence-electron chi connectivity index (χ3n) is 4.32. The van der Waals surface area contributed by atoms with Crippen LogP contribution < -0.4 is 0 Å². The first kappa shape index (κ1) is 16.7. The Morgan fingerprint density at radius 2 is 2.04 bits per heavy atom. The van der Waals surface area contributed by atoms with Crippen molar-refractivity contribution >= 4 is 32.5 Å². The van der Waals surface area contributed by atoms with Gasteiger partial charge in [-0.1, -0.05) is 18.2 Å². The lowest BCUT2D eigenvalue weighted by molar-refractivity contribution is -0.143. The van der Waals surface area contributed by atoms with E-state index in [9.17, 15) is 18.0 Å². The summed E-state index contributed by atoms with van der Waals surface area (Å²) < 4.78 is 27.9. The largest absolute Gasteiger partial charge is 0.457 e. The number of fused-ring (bicyclic) bond motifs is 1. The normalized spacial score (nSPS) is 19.5. The van der Waals surface area contributed by atoms with Crippen molar-refractivity contribution in [1.82, 2.24) is 4.98 Å². The molecule has 1 saturated heterocycles. The number of Topliss-reactive ketones (excluding diaryl/α,β-unsaturated/α-hetero) is 1. The molecule has 24 heavy (non-hydrogen) atoms. The predicted octanol–water partition coefficient (Wildman–Crippen LogP) is 2.03. The number of ether oxygens (including phenoxy) is 1. The van der Waals surface area contributed by atoms with Crippen LogP contribution in [0.3, 0.4) is 0 Å². The maximum absolute atomic E-state index is 12.4. The summed E-state index contributed by atoms with van der Waals surface area (Å²) in [6, 6.07) is 7.45. The van der Waals surface area contributed by atoms with Crippen LogP contribution >= 0.6 is 0 Å². The number of esters is 1. The minimum Gasteiger partial charge on any atom is -0.457 e. The van der Waals surface area contributed by atoms with E-state index in [0.29, 0.717) is 12.0 Å². The summed E-state index contributed by atoms with van der Waals surface area (Å²) in [5, 5.41) is 0.804. The average Bonchev–Trinajstić information content (AvgIpc) is 3.03. The summed E-state index contributed by atoms with van der Waals surface area (Å²) in [6.45, 7) is 1.47. The highest BCUT2D eigenvalue weighted by molar-refractivity contribution is 7.91. The molecule has 2 heterocycles. The van der Waals surface area contributed by atoms with Crippen molar-refractivity contribution in [2.45, 2.75) is 19.8 Å². The smallest absolute Gasteiger partial charge is 0.306 e. The van der Waals surface area contributed by atoms with Gasteiger partial charge < -0.3 is 9.72 Å². The van der Waals surface area contributed by atoms with E-state index in [0.717, 1.165) is 16.6 Å². The van der Waals surface area contributed by atoms with Crippen LogP contribution in [0.2, 0.25) is 0 Å². The Labute approximate surface area is 140 Å². The molecule has 7 heteroatoms. The highest BCUT2D eigenvalue weighted by atomic mass is 32.2. The van der Waals surface area contributed by atoms with Gasteiger partial charge in [0, 0.05) is 28.6 Å². The summed E-state index contributed by atoms with van der Waals surface area (Å²) in [4.78, 5) is 27.4. The number of H-pyrrole nitrogens is 1. The van der Waals surface area contributed by atoms with Crippen LogP contribution in [0.25, 0.3) is 10.9 Å². The minimum atomic E-state index is -3.02. The second-order valence-corrected chi connectivity index (χ2v) is 8.46. The number of aryl methyl sites for hydroxylation is 1. The molecule has 0 radical (unpaired) electrons. The van der Waals surface area contributed by atoms with Crippen molar-refractivity contribution < 1.29 is 22.7 Å². The lowest BCUT2D eigenvalue weighted by atomic mass is 10.1. The van der Waals surface area contributed by atoms with Gasteiger partial charge in [-0.15, -0.1) is 0 Å². The molecule has 2 aromatic rings. The van der Waals surface area contributed by atoms with Crippen molar-refractivity contribution in [2.24, 2.45) is 5.92 Å². The first-order chi connectivity index (χ1) is 11.4. The van der Waals surface area contributed by atoms with Crippen molar-refractivity contribution in [3.63, 3.8) is 0 Å². The number of benzene rings is 1. The molecule has 0 amide bonds. The molecular formula is C17H19NO5S. The zero-order valence-electron chi connectivity index (χ0n) is 13.4. The number of aromatic amines is 1. The van der Waals surface area contributed by atoms with Crippen LogP contribution in [-0.2, 0) is 19.4 Å². The lowest BCUT2D eigenvalue weighted by Gasteiger charge is -2.08. The molecule has 1 aromatic carbocycles. The van der Waals surface area contributed by atoms with Crippen molar-refractivity contribution in [3.8, 4) is 0 Å². The Morgan fingerprint density at radius 3 is 2.75 bits per heavy atom. The number of para-hydroxylation sites is 1. The van der Waals surface area contributed by atoms with E-state index in [1.54, 1.807) is 6.92 Å². The Balaban J connectivity index is 1.61. The molecular weight excluding hydrogens is 330 g/mol. The number of hydrogen-bond donors (Lipinski definition) is 1. The van der Waals surface area contributed by atoms with Crippen molar-refractivity contribution in [1.29, 1.82) is 0 Å². The van der Waals surface area contributed by atoms with Gasteiger partial charge in [0.25, 0.3) is 0 Å². The van der Waals surface area contributed by atoms with Gasteiger partial charge in [-0.05, 0) is 25.3 Å². The number of ketones is 1. The van der Waals surface area contributed by atoms with Gasteiger partial charge in [-0.25, -0.2) is 8.42 Å². The number of carbonyl (C=O) groups is 2. The molecule has 0 bridgehead atoms. The summed E-state index contributed by atoms with van der Waals surface area (Å²) >= 11 is 0. The van der Waals surface area contributed by atoms with Crippen LogP contribution in [0.15, 0.2) is 24.3 Å². The maximum atomic E-state index is 12.4. The fraction of sp³-hybridized carbons (Fsp3) is 0.412. The zero-order chi connectivity index (χ0) is 17.3. The first-order valence-corrected chi connectivity index (χ1v) is 9.64. The number of aromatic nitrogens is 1. The second-order valence-electron chi connectivity index (χ2n) is 6.23. The molecule has 1 atom stereocenters. The maximum Gasteiger partial charge on any atom is 0.306 e. The molecule has 1 N–H and O–H groups in total. The number of hydrogen-bond acceptors (Lipinski definition) is 5. The molecule has 0 aliphatic carbocycles. The Bertz CT molecular complexity index is 897. The summed E-state index contributed by atoms with van der Waals surface area (Å²) in [7, 11) is -3.02. The van der Waals surface area contributed by atoms with E-state index in [1.807, 2.05) is 24.3 Å². The molecule has 0 spiro atoms. The van der Waals surface area contributed by atoms with Crippen LogP contribution in [0.1, 0.15) is 28.9 Å². The highest BCUT2D eigenvalue weighted by Crippen LogP contribution is 2.23. The summed E-state index contributed by atoms with van der Waals surface area (Å²) in [5.41, 5.74) is 2.13. The van der Waals surface area contributed by atoms with E-state index < -0.39 is 15.8 Å². The number of nitrogens with one attached hydrogen (secondary N) is 1. The fourth-order valence-electron chi connectivity index (χ4n) is 3.18. The molecule has 0 saturated carbocycles. The van der Waals surface area contributed by atoms with Crippen molar-refractivity contribution in [2.75, 3.05) is 18.1 Å². The van der Waals surface area contributed by atoms with Gasteiger partial charge in [0.2, 0.25) is 5.78 Å². The van der Waals surface area contributed by atoms with Gasteiger partial charge in [0.1, 0.15) is 0 Å². The Morgan fingerprint density at radius 1 is 1.29 bits per heavy atom. The fourth-order valence-corrected chi connectivity index (χ4v) is 5.04. The Kier molecular flexibility index (Phi) is 4.45. The first-order valence-electron chi connectivity index (χ1n) is 7.82. The zero-order valence-corrected chi connectivity index (χ0v) is 14.2. The number of rotatable bonds is 5. The van der Waals surface area contributed by atoms with Crippen LogP contribution in [-0.4, -0.2) is 43.3 Å². The Hall–Kier alpha value is -2.15. The highest BCUT2D eigenvalue weighted by Gasteiger charge is 2.30. The number of sulfone groups is 1. The third-order valence-corrected chi connectivity index (χ3v) is 6.16. The molecule has 6 nitrogen and oxygen atoms in total. The molecule has 128 valence electrons. The van der Waals surface area contributed by atoms with Gasteiger partial charge in [0.05, 0.1) is 11.5 Å². The van der Waals surface area contributed by atoms with E-state index >= 15 is 0 Å². The van der Waals surface area contributed by atoms with Gasteiger partial charge in [0.15, 0.2) is 16.4 Å². The van der Waals surface area contributed by atoms with Crippen molar-refractivity contribution in [3.05, 3.63) is 35.5 Å². The quantitative estimate of drug-likeness (QED) is 0.658. The molecule has 0 unspecified atom stereocenters. The van der Waals surface area contributed by atoms with Crippen LogP contribution in [0.5, 0.6) is 0 Å². The van der Waals surface area contributed by atoms with Gasteiger partial charge >= 0.3 is 5.97 Å². The molecule has 1 aromatic heterocycles. The predicted molar refractivity (Wildman–Crippen MR) is 89.7 cm³/mol. The van der Waals surface area contributed by atoms with Gasteiger partial charge in [-0.3, -0.25) is 9.59 Å². The monoisotopic (exact) mass is 349 g/mol. The molecule has 1 aliphatic heterocycles. The lowest BCUT2D eigenvalue weighted by Crippen LogP contribution is -2.18. The summed E-state index contributed by atoms with van der Waals surface area (Å²) in [6.07, 6.45) is 0.520. The molecule has 1 aliphatic rings.